The molecule has 0 spiro atoms. The molecule has 0 aliphatic heterocycles. The van der Waals surface area contributed by atoms with Crippen molar-refractivity contribution in [3.8, 4) is 0 Å². The van der Waals surface area contributed by atoms with E-state index in [-0.39, 0.29) is 15.8 Å². The lowest BCUT2D eigenvalue weighted by Crippen LogP contribution is -2.29. The predicted octanol–water partition coefficient (Wildman–Crippen LogP) is 3.03. The molecule has 0 heterocycles. The van der Waals surface area contributed by atoms with Crippen LogP contribution in [0.25, 0.3) is 0 Å². The van der Waals surface area contributed by atoms with Gasteiger partial charge in [-0.3, -0.25) is 4.79 Å². The molecule has 1 aromatic carbocycles. The Morgan fingerprint density at radius 3 is 2.59 bits per heavy atom. The first kappa shape index (κ1) is 23.3. The second-order valence-electron chi connectivity index (χ2n) is 7.66. The molecule has 0 aromatic heterocycles. The number of nitrogens with two attached hydrogens (primary N) is 1. The lowest BCUT2D eigenvalue weighted by Gasteiger charge is -2.21. The third kappa shape index (κ3) is 6.79. The number of hydrogen-bond acceptors (Lipinski definition) is 4. The van der Waals surface area contributed by atoms with Crippen molar-refractivity contribution >= 4 is 35.2 Å². The van der Waals surface area contributed by atoms with Gasteiger partial charge >= 0.3 is 0 Å². The van der Waals surface area contributed by atoms with E-state index in [2.05, 4.69) is 11.9 Å². The second kappa shape index (κ2) is 10.2. The number of nitrogens with one attached hydrogen (secondary N) is 1. The summed E-state index contributed by atoms with van der Waals surface area (Å²) < 4.78 is 23.7. The number of sulfone groups is 1. The molecule has 5 nitrogen and oxygen atoms in total. The number of carbonyl (C=O) groups excluding carboxylic acids is 1. The van der Waals surface area contributed by atoms with E-state index in [0.717, 1.165) is 24.6 Å². The Hall–Kier alpha value is -1.99. The van der Waals surface area contributed by atoms with Crippen LogP contribution in [0, 0.1) is 5.92 Å². The topological polar surface area (TPSA) is 89.3 Å². The van der Waals surface area contributed by atoms with Gasteiger partial charge in [0, 0.05) is 12.0 Å². The molecule has 1 aromatic rings. The van der Waals surface area contributed by atoms with Crippen molar-refractivity contribution in [2.45, 2.75) is 42.9 Å². The number of amides is 1. The van der Waals surface area contributed by atoms with Crippen molar-refractivity contribution in [1.29, 1.82) is 0 Å². The average Bonchev–Trinajstić information content (AvgIpc) is 3.16. The summed E-state index contributed by atoms with van der Waals surface area (Å²) in [6.07, 6.45) is 11.3. The summed E-state index contributed by atoms with van der Waals surface area (Å²) >= 11 is 6.23. The Morgan fingerprint density at radius 1 is 1.38 bits per heavy atom. The molecule has 1 aliphatic rings. The number of rotatable bonds is 8. The van der Waals surface area contributed by atoms with E-state index in [1.807, 2.05) is 7.85 Å². The zero-order chi connectivity index (χ0) is 21.6. The van der Waals surface area contributed by atoms with Gasteiger partial charge in [-0.05, 0) is 42.3 Å². The van der Waals surface area contributed by atoms with Crippen LogP contribution in [0.4, 0.5) is 0 Å². The lowest BCUT2D eigenvalue weighted by molar-refractivity contribution is -0.122. The summed E-state index contributed by atoms with van der Waals surface area (Å²) in [5.74, 6) is -0.144. The molecule has 1 amide bonds. The summed E-state index contributed by atoms with van der Waals surface area (Å²) in [6, 6.07) is 4.75. The third-order valence-electron chi connectivity index (χ3n) is 5.21. The van der Waals surface area contributed by atoms with Gasteiger partial charge in [-0.15, -0.1) is 0 Å². The first-order valence-corrected chi connectivity index (χ1v) is 11.9. The quantitative estimate of drug-likeness (QED) is 0.486. The summed E-state index contributed by atoms with van der Waals surface area (Å²) in [4.78, 5) is 13.1. The molecule has 29 heavy (non-hydrogen) atoms. The fraction of sp³-hybridized carbons (Fsp3) is 0.381. The molecule has 2 rings (SSSR count). The van der Waals surface area contributed by atoms with Crippen LogP contribution in [-0.4, -0.2) is 28.4 Å². The van der Waals surface area contributed by atoms with Gasteiger partial charge in [-0.25, -0.2) is 8.42 Å². The Balaban J connectivity index is 2.27. The molecule has 0 radical (unpaired) electrons. The van der Waals surface area contributed by atoms with Gasteiger partial charge < -0.3 is 11.1 Å². The van der Waals surface area contributed by atoms with E-state index in [1.165, 1.54) is 25.1 Å². The van der Waals surface area contributed by atoms with Gasteiger partial charge in [-0.2, -0.15) is 0 Å². The van der Waals surface area contributed by atoms with E-state index in [1.54, 1.807) is 24.3 Å². The van der Waals surface area contributed by atoms with Crippen LogP contribution in [0.5, 0.6) is 0 Å². The fourth-order valence-electron chi connectivity index (χ4n) is 3.58. The highest BCUT2D eigenvalue weighted by Gasteiger charge is 2.28. The molecule has 1 fully saturated rings. The minimum atomic E-state index is -3.43. The van der Waals surface area contributed by atoms with Crippen molar-refractivity contribution in [1.82, 2.24) is 5.32 Å². The minimum Gasteiger partial charge on any atom is -0.405 e. The van der Waals surface area contributed by atoms with Gasteiger partial charge in [0.2, 0.25) is 5.91 Å². The van der Waals surface area contributed by atoms with E-state index in [4.69, 9.17) is 17.3 Å². The third-order valence-corrected chi connectivity index (χ3v) is 6.79. The van der Waals surface area contributed by atoms with Crippen molar-refractivity contribution in [3.05, 3.63) is 64.9 Å². The van der Waals surface area contributed by atoms with E-state index < -0.39 is 15.8 Å². The van der Waals surface area contributed by atoms with Crippen LogP contribution in [0.15, 0.2) is 59.2 Å². The number of allylic oxidation sites excluding steroid dienone is 3. The van der Waals surface area contributed by atoms with Crippen molar-refractivity contribution in [2.24, 2.45) is 11.7 Å². The van der Waals surface area contributed by atoms with Crippen LogP contribution in [0.1, 0.15) is 43.6 Å². The van der Waals surface area contributed by atoms with Gasteiger partial charge in [0.15, 0.2) is 9.84 Å². The molecule has 1 atom stereocenters. The van der Waals surface area contributed by atoms with Crippen LogP contribution >= 0.6 is 11.6 Å². The van der Waals surface area contributed by atoms with Gasteiger partial charge in [-0.1, -0.05) is 61.5 Å². The predicted molar refractivity (Wildman–Crippen MR) is 121 cm³/mol. The summed E-state index contributed by atoms with van der Waals surface area (Å²) in [5.41, 5.74) is 7.47. The molecular formula is C21H28BClN2O3S. The fourth-order valence-corrected chi connectivity index (χ4v) is 4.92. The standard InChI is InChI=1S/C21H28BClN2O3S/c1-14(7-9-17(22)13-24)25-21(26)18(11-15-5-3-4-6-15)16-8-10-20(19(23)12-16)29(2,27)28/h7-10,12-13,15,18H,1,3-6,11,22,24H2,2H3,(H,25,26)/b9-7-,17-13+. The van der Waals surface area contributed by atoms with E-state index in [0.29, 0.717) is 23.6 Å². The largest absolute Gasteiger partial charge is 0.405 e. The maximum Gasteiger partial charge on any atom is 0.231 e. The molecule has 0 bridgehead atoms. The minimum absolute atomic E-state index is 0.0688. The smallest absolute Gasteiger partial charge is 0.231 e. The zero-order valence-electron chi connectivity index (χ0n) is 16.9. The Kier molecular flexibility index (Phi) is 8.17. The highest BCUT2D eigenvalue weighted by atomic mass is 35.5. The molecule has 1 saturated carbocycles. The Bertz CT molecular complexity index is 935. The maximum atomic E-state index is 13.0. The number of halogens is 1. The van der Waals surface area contributed by atoms with Crippen LogP contribution in [0.3, 0.4) is 0 Å². The number of carbonyl (C=O) groups is 1. The van der Waals surface area contributed by atoms with Gasteiger partial charge in [0.05, 0.1) is 15.8 Å². The molecule has 8 heteroatoms. The SMILES string of the molecule is BC(/C=C\C(=C)NC(=O)C(CC1CCCC1)c1ccc(S(C)(=O)=O)c(Cl)c1)=C/N. The normalized spacial score (nSPS) is 16.8. The zero-order valence-corrected chi connectivity index (χ0v) is 18.5. The first-order chi connectivity index (χ1) is 13.6. The summed E-state index contributed by atoms with van der Waals surface area (Å²) in [5, 5.41) is 2.98. The lowest BCUT2D eigenvalue weighted by atomic mass is 9.87. The molecule has 156 valence electrons. The number of benzene rings is 1. The highest BCUT2D eigenvalue weighted by molar-refractivity contribution is 7.90. The van der Waals surface area contributed by atoms with E-state index in [9.17, 15) is 13.2 Å². The van der Waals surface area contributed by atoms with Crippen molar-refractivity contribution < 1.29 is 13.2 Å². The average molecular weight is 435 g/mol. The van der Waals surface area contributed by atoms with Gasteiger partial charge in [0.25, 0.3) is 0 Å². The first-order valence-electron chi connectivity index (χ1n) is 9.67. The van der Waals surface area contributed by atoms with Crippen LogP contribution in [0.2, 0.25) is 5.02 Å². The Labute approximate surface area is 179 Å². The molecule has 3 N–H and O–H groups in total. The second-order valence-corrected chi connectivity index (χ2v) is 10.1. The molecule has 1 aliphatic carbocycles. The van der Waals surface area contributed by atoms with E-state index >= 15 is 0 Å². The summed E-state index contributed by atoms with van der Waals surface area (Å²) in [7, 11) is -1.58. The summed E-state index contributed by atoms with van der Waals surface area (Å²) in [6.45, 7) is 3.88. The highest BCUT2D eigenvalue weighted by Crippen LogP contribution is 2.36. The number of hydrogen-bond donors (Lipinski definition) is 2. The van der Waals surface area contributed by atoms with Gasteiger partial charge in [0.1, 0.15) is 7.85 Å². The molecule has 1 unspecified atom stereocenters. The monoisotopic (exact) mass is 434 g/mol. The van der Waals surface area contributed by atoms with Crippen LogP contribution in [-0.2, 0) is 14.6 Å². The van der Waals surface area contributed by atoms with Crippen molar-refractivity contribution in [2.75, 3.05) is 6.26 Å². The molecule has 0 saturated heterocycles. The van der Waals surface area contributed by atoms with Crippen LogP contribution < -0.4 is 11.1 Å². The Morgan fingerprint density at radius 2 is 2.03 bits per heavy atom. The molecular weight excluding hydrogens is 407 g/mol. The maximum absolute atomic E-state index is 13.0. The van der Waals surface area contributed by atoms with Crippen molar-refractivity contribution in [3.63, 3.8) is 0 Å².